The van der Waals surface area contributed by atoms with Crippen LogP contribution in [0.3, 0.4) is 0 Å². The minimum Gasteiger partial charge on any atom is -0.492 e. The average molecular weight is 584 g/mol. The molecule has 0 amide bonds. The molecule has 0 aliphatic rings. The Morgan fingerprint density at radius 3 is 2.32 bits per heavy atom. The first-order valence-electron chi connectivity index (χ1n) is 9.66. The molecule has 0 N–H and O–H groups in total. The normalized spacial score (nSPS) is 10.4. The van der Waals surface area contributed by atoms with E-state index in [9.17, 15) is 0 Å². The maximum Gasteiger partial charge on any atom is 0.136 e. The fourth-order valence-electron chi connectivity index (χ4n) is 2.48. The number of hydrogen-bond donors (Lipinski definition) is 0. The van der Waals surface area contributed by atoms with Crippen molar-refractivity contribution in [1.29, 1.82) is 0 Å². The van der Waals surface area contributed by atoms with Crippen LogP contribution >= 0.6 is 47.8 Å². The van der Waals surface area contributed by atoms with Crippen LogP contribution in [-0.4, -0.2) is 25.5 Å². The zero-order valence-electron chi connectivity index (χ0n) is 16.9. The minimum atomic E-state index is 0.497. The molecule has 0 atom stereocenters. The molecule has 1 rings (SSSR count). The molecule has 0 heterocycles. The standard InChI is InChI=1S/C21H30Br3NO3/c1-4-17-14-18(26-13-10-20(23)24)15-19(22)21(17)27-11-8-6-5-7-9-12-28-25-16(2)3/h10,14-15H,4-9,11-13H2,1-3H3. The monoisotopic (exact) mass is 581 g/mol. The van der Waals surface area contributed by atoms with E-state index in [0.29, 0.717) is 13.2 Å². The molecule has 28 heavy (non-hydrogen) atoms. The van der Waals surface area contributed by atoms with Gasteiger partial charge in [-0.2, -0.15) is 0 Å². The van der Waals surface area contributed by atoms with Crippen LogP contribution in [0.25, 0.3) is 0 Å². The van der Waals surface area contributed by atoms with Crippen molar-refractivity contribution >= 4 is 53.5 Å². The molecular formula is C21H30Br3NO3. The Kier molecular flexibility index (Phi) is 14.0. The van der Waals surface area contributed by atoms with Gasteiger partial charge in [0.1, 0.15) is 24.7 Å². The van der Waals surface area contributed by atoms with E-state index in [4.69, 9.17) is 14.3 Å². The van der Waals surface area contributed by atoms with E-state index in [-0.39, 0.29) is 0 Å². The van der Waals surface area contributed by atoms with Crippen LogP contribution in [-0.2, 0) is 11.3 Å². The number of unbranched alkanes of at least 4 members (excludes halogenated alkanes) is 4. The number of ether oxygens (including phenoxy) is 2. The first kappa shape index (κ1) is 25.5. The number of oxime groups is 1. The number of benzene rings is 1. The Morgan fingerprint density at radius 2 is 1.68 bits per heavy atom. The lowest BCUT2D eigenvalue weighted by Gasteiger charge is -2.15. The van der Waals surface area contributed by atoms with E-state index < -0.39 is 0 Å². The van der Waals surface area contributed by atoms with Crippen LogP contribution < -0.4 is 9.47 Å². The summed E-state index contributed by atoms with van der Waals surface area (Å²) in [6.07, 6.45) is 8.40. The Morgan fingerprint density at radius 1 is 1.00 bits per heavy atom. The van der Waals surface area contributed by atoms with Gasteiger partial charge in [0.15, 0.2) is 0 Å². The predicted octanol–water partition coefficient (Wildman–Crippen LogP) is 7.76. The smallest absolute Gasteiger partial charge is 0.136 e. The van der Waals surface area contributed by atoms with Gasteiger partial charge in [-0.1, -0.05) is 24.9 Å². The zero-order chi connectivity index (χ0) is 20.8. The lowest BCUT2D eigenvalue weighted by Crippen LogP contribution is -2.02. The molecule has 0 saturated carbocycles. The number of rotatable bonds is 14. The summed E-state index contributed by atoms with van der Waals surface area (Å²) in [6.45, 7) is 7.91. The van der Waals surface area contributed by atoms with Gasteiger partial charge in [0, 0.05) is 0 Å². The van der Waals surface area contributed by atoms with E-state index in [2.05, 4.69) is 65.9 Å². The van der Waals surface area contributed by atoms with Gasteiger partial charge >= 0.3 is 0 Å². The molecule has 0 aromatic heterocycles. The summed E-state index contributed by atoms with van der Waals surface area (Å²) < 4.78 is 13.6. The number of halogens is 3. The lowest BCUT2D eigenvalue weighted by atomic mass is 10.1. The summed E-state index contributed by atoms with van der Waals surface area (Å²) in [4.78, 5) is 5.21. The van der Waals surface area contributed by atoms with Gasteiger partial charge in [-0.25, -0.2) is 0 Å². The van der Waals surface area contributed by atoms with Crippen LogP contribution in [0, 0.1) is 0 Å². The van der Waals surface area contributed by atoms with E-state index in [1.54, 1.807) is 0 Å². The molecule has 0 aliphatic carbocycles. The first-order valence-corrected chi connectivity index (χ1v) is 12.0. The van der Waals surface area contributed by atoms with E-state index in [0.717, 1.165) is 69.3 Å². The first-order chi connectivity index (χ1) is 13.4. The third-order valence-corrected chi connectivity index (χ3v) is 5.07. The second-order valence-electron chi connectivity index (χ2n) is 6.54. The SMILES string of the molecule is CCc1cc(OCC=C(Br)Br)cc(Br)c1OCCCCCCCON=C(C)C. The van der Waals surface area contributed by atoms with Crippen molar-refractivity contribution in [3.63, 3.8) is 0 Å². The molecule has 158 valence electrons. The maximum atomic E-state index is 6.06. The molecule has 0 saturated heterocycles. The Labute approximate surface area is 194 Å². The fourth-order valence-corrected chi connectivity index (χ4v) is 3.34. The quantitative estimate of drug-likeness (QED) is 0.128. The number of hydrogen-bond acceptors (Lipinski definition) is 4. The van der Waals surface area contributed by atoms with Crippen LogP contribution in [0.5, 0.6) is 11.5 Å². The molecule has 0 bridgehead atoms. The predicted molar refractivity (Wildman–Crippen MR) is 128 cm³/mol. The molecule has 4 nitrogen and oxygen atoms in total. The van der Waals surface area contributed by atoms with Crippen molar-refractivity contribution in [2.45, 2.75) is 59.3 Å². The van der Waals surface area contributed by atoms with Crippen LogP contribution in [0.1, 0.15) is 58.4 Å². The summed E-state index contributed by atoms with van der Waals surface area (Å²) >= 11 is 10.3. The molecule has 0 fully saturated rings. The van der Waals surface area contributed by atoms with Crippen LogP contribution in [0.2, 0.25) is 0 Å². The van der Waals surface area contributed by atoms with Crippen molar-refractivity contribution in [1.82, 2.24) is 0 Å². The second kappa shape index (κ2) is 15.3. The van der Waals surface area contributed by atoms with Gasteiger partial charge in [0.2, 0.25) is 0 Å². The average Bonchev–Trinajstić information content (AvgIpc) is 2.63. The van der Waals surface area contributed by atoms with E-state index >= 15 is 0 Å². The van der Waals surface area contributed by atoms with Gasteiger partial charge in [0.25, 0.3) is 0 Å². The summed E-state index contributed by atoms with van der Waals surface area (Å²) in [7, 11) is 0. The molecule has 0 radical (unpaired) electrons. The Hall–Kier alpha value is -0.530. The Bertz CT molecular complexity index is 640. The van der Waals surface area contributed by atoms with Crippen LogP contribution in [0.15, 0.2) is 31.2 Å². The topological polar surface area (TPSA) is 40.0 Å². The third-order valence-electron chi connectivity index (χ3n) is 3.84. The maximum absolute atomic E-state index is 6.06. The third kappa shape index (κ3) is 11.5. The lowest BCUT2D eigenvalue weighted by molar-refractivity contribution is 0.139. The minimum absolute atomic E-state index is 0.497. The summed E-state index contributed by atoms with van der Waals surface area (Å²) in [5.41, 5.74) is 2.10. The van der Waals surface area contributed by atoms with Gasteiger partial charge in [-0.3, -0.25) is 0 Å². The zero-order valence-corrected chi connectivity index (χ0v) is 21.7. The van der Waals surface area contributed by atoms with Crippen molar-refractivity contribution in [3.8, 4) is 11.5 Å². The number of aryl methyl sites for hydroxylation is 1. The van der Waals surface area contributed by atoms with Gasteiger partial charge in [0.05, 0.1) is 20.2 Å². The van der Waals surface area contributed by atoms with Gasteiger partial charge in [-0.05, 0) is 111 Å². The Balaban J connectivity index is 2.33. The van der Waals surface area contributed by atoms with E-state index in [1.807, 2.05) is 26.0 Å². The van der Waals surface area contributed by atoms with E-state index in [1.165, 1.54) is 6.42 Å². The molecule has 7 heteroatoms. The summed E-state index contributed by atoms with van der Waals surface area (Å²) in [5, 5.41) is 3.94. The van der Waals surface area contributed by atoms with Crippen molar-refractivity contribution in [3.05, 3.63) is 31.6 Å². The molecule has 1 aromatic carbocycles. The highest BCUT2D eigenvalue weighted by Gasteiger charge is 2.10. The molecular weight excluding hydrogens is 554 g/mol. The second-order valence-corrected chi connectivity index (χ2v) is 10.2. The highest BCUT2D eigenvalue weighted by atomic mass is 79.9. The highest BCUT2D eigenvalue weighted by Crippen LogP contribution is 2.34. The van der Waals surface area contributed by atoms with Gasteiger partial charge < -0.3 is 14.3 Å². The summed E-state index contributed by atoms with van der Waals surface area (Å²) in [5.74, 6) is 1.76. The summed E-state index contributed by atoms with van der Waals surface area (Å²) in [6, 6.07) is 4.02. The van der Waals surface area contributed by atoms with Crippen molar-refractivity contribution in [2.24, 2.45) is 5.16 Å². The highest BCUT2D eigenvalue weighted by molar-refractivity contribution is 9.28. The fraction of sp³-hybridized carbons (Fsp3) is 0.571. The number of nitrogens with zero attached hydrogens (tertiary/aromatic N) is 1. The molecule has 0 unspecified atom stereocenters. The van der Waals surface area contributed by atoms with Gasteiger partial charge in [-0.15, -0.1) is 0 Å². The van der Waals surface area contributed by atoms with Crippen molar-refractivity contribution in [2.75, 3.05) is 19.8 Å². The molecule has 1 aromatic rings. The molecule has 0 aliphatic heterocycles. The van der Waals surface area contributed by atoms with Crippen LogP contribution in [0.4, 0.5) is 0 Å². The largest absolute Gasteiger partial charge is 0.492 e. The molecule has 0 spiro atoms. The van der Waals surface area contributed by atoms with Crippen molar-refractivity contribution < 1.29 is 14.3 Å².